The Balaban J connectivity index is 1.61. The maximum atomic E-state index is 12.3. The number of nitrogens with one attached hydrogen (secondary N) is 1. The molecule has 2 aromatic rings. The van der Waals surface area contributed by atoms with Crippen LogP contribution in [0.3, 0.4) is 0 Å². The van der Waals surface area contributed by atoms with Gasteiger partial charge in [-0.15, -0.1) is 0 Å². The number of piperazine rings is 1. The van der Waals surface area contributed by atoms with Crippen LogP contribution in [0.15, 0.2) is 40.0 Å². The Morgan fingerprint density at radius 3 is 2.71 bits per heavy atom. The summed E-state index contributed by atoms with van der Waals surface area (Å²) < 4.78 is 5.17. The number of aromatic nitrogens is 2. The van der Waals surface area contributed by atoms with E-state index in [9.17, 15) is 14.4 Å². The predicted octanol–water partition coefficient (Wildman–Crippen LogP) is 1.99. The van der Waals surface area contributed by atoms with E-state index < -0.39 is 5.24 Å². The number of hydrogen-bond donors (Lipinski definition) is 1. The van der Waals surface area contributed by atoms with Crippen LogP contribution in [-0.4, -0.2) is 58.6 Å². The maximum absolute atomic E-state index is 12.3. The lowest BCUT2D eigenvalue weighted by atomic mass is 10.3. The van der Waals surface area contributed by atoms with E-state index in [4.69, 9.17) is 4.42 Å². The average Bonchev–Trinajstić information content (AvgIpc) is 3.22. The number of anilines is 1. The fourth-order valence-electron chi connectivity index (χ4n) is 2.72. The Morgan fingerprint density at radius 1 is 1.25 bits per heavy atom. The van der Waals surface area contributed by atoms with Crippen LogP contribution >= 0.6 is 11.8 Å². The molecule has 9 nitrogen and oxygen atoms in total. The number of imide groups is 1. The van der Waals surface area contributed by atoms with Crippen molar-refractivity contribution in [3.8, 4) is 0 Å². The smallest absolute Gasteiger partial charge is 0.289 e. The van der Waals surface area contributed by atoms with Gasteiger partial charge in [-0.1, -0.05) is 0 Å². The zero-order chi connectivity index (χ0) is 19.9. The number of rotatable bonds is 5. The predicted molar refractivity (Wildman–Crippen MR) is 105 cm³/mol. The van der Waals surface area contributed by atoms with Gasteiger partial charge in [-0.3, -0.25) is 19.7 Å². The van der Waals surface area contributed by atoms with Crippen LogP contribution in [-0.2, 0) is 4.79 Å². The first-order valence-electron chi connectivity index (χ1n) is 8.58. The lowest BCUT2D eigenvalue weighted by molar-refractivity contribution is -0.108. The van der Waals surface area contributed by atoms with Crippen molar-refractivity contribution in [1.82, 2.24) is 20.2 Å². The quantitative estimate of drug-likeness (QED) is 0.758. The Morgan fingerprint density at radius 2 is 2.04 bits per heavy atom. The van der Waals surface area contributed by atoms with Crippen molar-refractivity contribution in [2.45, 2.75) is 6.92 Å². The van der Waals surface area contributed by atoms with Crippen LogP contribution in [0.25, 0.3) is 6.08 Å². The van der Waals surface area contributed by atoms with Gasteiger partial charge in [0.15, 0.2) is 5.76 Å². The minimum atomic E-state index is -0.449. The molecule has 0 saturated carbocycles. The summed E-state index contributed by atoms with van der Waals surface area (Å²) >= 11 is 0.915. The molecular weight excluding hydrogens is 382 g/mol. The van der Waals surface area contributed by atoms with Crippen molar-refractivity contribution in [3.63, 3.8) is 0 Å². The second kappa shape index (κ2) is 9.18. The largest absolute Gasteiger partial charge is 0.459 e. The number of thioether (sulfide) groups is 1. The zero-order valence-electron chi connectivity index (χ0n) is 15.2. The summed E-state index contributed by atoms with van der Waals surface area (Å²) in [6, 6.07) is 5.09. The topological polar surface area (TPSA) is 109 Å². The lowest BCUT2D eigenvalue weighted by Crippen LogP contribution is -2.49. The van der Waals surface area contributed by atoms with Gasteiger partial charge in [0.2, 0.25) is 12.4 Å². The van der Waals surface area contributed by atoms with Crippen molar-refractivity contribution < 1.29 is 18.8 Å². The minimum absolute atomic E-state index is 0.122. The number of amides is 3. The molecule has 28 heavy (non-hydrogen) atoms. The molecule has 146 valence electrons. The zero-order valence-corrected chi connectivity index (χ0v) is 16.0. The fraction of sp³-hybridized carbons (Fsp3) is 0.278. The lowest BCUT2D eigenvalue weighted by Gasteiger charge is -2.34. The molecule has 0 unspecified atom stereocenters. The second-order valence-electron chi connectivity index (χ2n) is 5.94. The third-order valence-corrected chi connectivity index (χ3v) is 4.77. The molecule has 3 heterocycles. The molecule has 1 fully saturated rings. The van der Waals surface area contributed by atoms with E-state index in [2.05, 4.69) is 15.3 Å². The van der Waals surface area contributed by atoms with Gasteiger partial charge >= 0.3 is 0 Å². The molecule has 0 spiro atoms. The normalized spacial score (nSPS) is 14.7. The summed E-state index contributed by atoms with van der Waals surface area (Å²) in [7, 11) is 0. The molecule has 1 aliphatic rings. The number of hydrogen-bond acceptors (Lipinski definition) is 8. The van der Waals surface area contributed by atoms with Crippen LogP contribution in [0.4, 0.5) is 10.7 Å². The summed E-state index contributed by atoms with van der Waals surface area (Å²) in [5, 5.41) is 1.62. The maximum Gasteiger partial charge on any atom is 0.289 e. The first-order valence-corrected chi connectivity index (χ1v) is 9.39. The highest BCUT2D eigenvalue weighted by molar-refractivity contribution is 8.17. The van der Waals surface area contributed by atoms with Crippen molar-refractivity contribution >= 4 is 41.3 Å². The first-order chi connectivity index (χ1) is 13.6. The molecule has 0 aromatic carbocycles. The third-order valence-electron chi connectivity index (χ3n) is 4.03. The monoisotopic (exact) mass is 401 g/mol. The summed E-state index contributed by atoms with van der Waals surface area (Å²) in [5.74, 6) is 0.779. The van der Waals surface area contributed by atoms with Crippen molar-refractivity contribution in [2.75, 3.05) is 31.1 Å². The number of allylic oxidation sites excluding steroid dienone is 1. The van der Waals surface area contributed by atoms with Crippen LogP contribution in [0.2, 0.25) is 0 Å². The molecule has 1 saturated heterocycles. The summed E-state index contributed by atoms with van der Waals surface area (Å²) in [6.07, 6.45) is 5.23. The molecule has 1 aliphatic heterocycles. The first kappa shape index (κ1) is 19.6. The third kappa shape index (κ3) is 4.97. The Kier molecular flexibility index (Phi) is 6.43. The van der Waals surface area contributed by atoms with Gasteiger partial charge in [-0.25, -0.2) is 9.97 Å². The van der Waals surface area contributed by atoms with E-state index in [1.807, 2.05) is 4.90 Å². The second-order valence-corrected chi connectivity index (χ2v) is 7.16. The summed E-state index contributed by atoms with van der Waals surface area (Å²) in [5.41, 5.74) is 0.656. The highest BCUT2D eigenvalue weighted by atomic mass is 32.2. The van der Waals surface area contributed by atoms with Crippen molar-refractivity contribution in [2.24, 2.45) is 0 Å². The Hall–Kier alpha value is -3.14. The molecule has 0 aliphatic carbocycles. The van der Waals surface area contributed by atoms with E-state index in [1.54, 1.807) is 42.3 Å². The molecule has 2 aromatic heterocycles. The van der Waals surface area contributed by atoms with Crippen LogP contribution < -0.4 is 10.2 Å². The van der Waals surface area contributed by atoms with Crippen LogP contribution in [0, 0.1) is 0 Å². The fourth-order valence-corrected chi connectivity index (χ4v) is 3.30. The molecule has 0 bridgehead atoms. The molecule has 1 N–H and O–H groups in total. The van der Waals surface area contributed by atoms with Crippen LogP contribution in [0.1, 0.15) is 23.2 Å². The molecule has 3 amide bonds. The standard InChI is InChI=1S/C18H19N5O4S/c1-13(28-18(26)20-12-24)11-14-4-5-19-17(21-14)23-8-6-22(7-9-23)16(25)15-3-2-10-27-15/h2-5,10-12H,6-9H2,1H3,(H,20,24,26)/b13-11-. The Labute approximate surface area is 165 Å². The molecule has 10 heteroatoms. The van der Waals surface area contributed by atoms with Crippen molar-refractivity contribution in [3.05, 3.63) is 47.0 Å². The molecule has 0 atom stereocenters. The average molecular weight is 401 g/mol. The summed E-state index contributed by atoms with van der Waals surface area (Å²) in [6.45, 7) is 4.06. The Bertz CT molecular complexity index is 876. The highest BCUT2D eigenvalue weighted by Crippen LogP contribution is 2.19. The summed E-state index contributed by atoms with van der Waals surface area (Å²) in [4.78, 5) is 47.3. The van der Waals surface area contributed by atoms with Crippen molar-refractivity contribution in [1.29, 1.82) is 0 Å². The number of carbonyl (C=O) groups excluding carboxylic acids is 3. The van der Waals surface area contributed by atoms with E-state index in [0.29, 0.717) is 54.9 Å². The van der Waals surface area contributed by atoms with Gasteiger partial charge in [0, 0.05) is 32.4 Å². The number of carbonyl (C=O) groups is 3. The van der Waals surface area contributed by atoms with E-state index >= 15 is 0 Å². The van der Waals surface area contributed by atoms with Gasteiger partial charge < -0.3 is 14.2 Å². The molecule has 0 radical (unpaired) electrons. The molecule has 3 rings (SSSR count). The number of furan rings is 1. The van der Waals surface area contributed by atoms with Gasteiger partial charge in [-0.05, 0) is 47.9 Å². The number of nitrogens with zero attached hydrogens (tertiary/aromatic N) is 4. The van der Waals surface area contributed by atoms with Gasteiger partial charge in [0.25, 0.3) is 11.1 Å². The van der Waals surface area contributed by atoms with Gasteiger partial charge in [0.1, 0.15) is 0 Å². The van der Waals surface area contributed by atoms with E-state index in [1.165, 1.54) is 6.26 Å². The van der Waals surface area contributed by atoms with Gasteiger partial charge in [-0.2, -0.15) is 0 Å². The SMILES string of the molecule is C/C(=C/c1ccnc(N2CCN(C(=O)c3ccco3)CC2)n1)SC(=O)NC=O. The minimum Gasteiger partial charge on any atom is -0.459 e. The van der Waals surface area contributed by atoms with E-state index in [0.717, 1.165) is 11.8 Å². The highest BCUT2D eigenvalue weighted by Gasteiger charge is 2.24. The van der Waals surface area contributed by atoms with Gasteiger partial charge in [0.05, 0.1) is 12.0 Å². The van der Waals surface area contributed by atoms with Crippen LogP contribution in [0.5, 0.6) is 0 Å². The molecular formula is C18H19N5O4S. The van der Waals surface area contributed by atoms with E-state index in [-0.39, 0.29) is 5.91 Å².